The number of nitrogens with one attached hydrogen (secondary N) is 1. The van der Waals surface area contributed by atoms with E-state index in [2.05, 4.69) is 10.3 Å². The van der Waals surface area contributed by atoms with Gasteiger partial charge in [-0.15, -0.1) is 0 Å². The number of carbonyl (C=O) groups excluding carboxylic acids is 2. The van der Waals surface area contributed by atoms with E-state index in [-0.39, 0.29) is 23.5 Å². The Bertz CT molecular complexity index is 1570. The van der Waals surface area contributed by atoms with Crippen molar-refractivity contribution in [2.24, 2.45) is 0 Å². The second kappa shape index (κ2) is 12.3. The van der Waals surface area contributed by atoms with Gasteiger partial charge in [0.25, 0.3) is 0 Å². The summed E-state index contributed by atoms with van der Waals surface area (Å²) in [5, 5.41) is 3.53. The van der Waals surface area contributed by atoms with Gasteiger partial charge in [-0.1, -0.05) is 42.5 Å². The predicted molar refractivity (Wildman–Crippen MR) is 151 cm³/mol. The Morgan fingerprint density at radius 3 is 2.39 bits per heavy atom. The maximum atomic E-state index is 16.3. The van der Waals surface area contributed by atoms with E-state index in [1.165, 1.54) is 19.2 Å². The van der Waals surface area contributed by atoms with E-state index in [9.17, 15) is 9.59 Å². The van der Waals surface area contributed by atoms with Crippen LogP contribution in [0, 0.1) is 11.6 Å². The van der Waals surface area contributed by atoms with Crippen LogP contribution in [0.4, 0.5) is 13.6 Å². The van der Waals surface area contributed by atoms with Crippen LogP contribution in [0.15, 0.2) is 66.9 Å². The van der Waals surface area contributed by atoms with Gasteiger partial charge < -0.3 is 19.5 Å². The summed E-state index contributed by atoms with van der Waals surface area (Å²) in [6.07, 6.45) is 0.663. The molecule has 1 heterocycles. The summed E-state index contributed by atoms with van der Waals surface area (Å²) in [6.45, 7) is 8.74. The maximum Gasteiger partial charge on any atom is 0.408 e. The molecule has 214 valence electrons. The number of amides is 1. The number of hydrogen-bond donors (Lipinski definition) is 1. The van der Waals surface area contributed by atoms with Crippen molar-refractivity contribution in [3.05, 3.63) is 101 Å². The number of fused-ring (bicyclic) bond motifs is 1. The highest BCUT2D eigenvalue weighted by molar-refractivity contribution is 6.17. The largest absolute Gasteiger partial charge is 0.488 e. The van der Waals surface area contributed by atoms with Crippen molar-refractivity contribution in [3.8, 4) is 11.6 Å². The van der Waals surface area contributed by atoms with Crippen molar-refractivity contribution in [2.75, 3.05) is 6.61 Å². The van der Waals surface area contributed by atoms with Crippen molar-refractivity contribution in [1.29, 1.82) is 0 Å². The molecule has 0 saturated carbocycles. The van der Waals surface area contributed by atoms with E-state index >= 15 is 8.78 Å². The molecule has 1 aromatic heterocycles. The molecule has 0 aliphatic carbocycles. The van der Waals surface area contributed by atoms with Gasteiger partial charge in [0.1, 0.15) is 29.6 Å². The highest BCUT2D eigenvalue weighted by Gasteiger charge is 2.30. The molecule has 3 aromatic carbocycles. The summed E-state index contributed by atoms with van der Waals surface area (Å²) >= 11 is 0. The van der Waals surface area contributed by atoms with Gasteiger partial charge in [0, 0.05) is 23.2 Å². The van der Waals surface area contributed by atoms with Crippen molar-refractivity contribution < 1.29 is 32.6 Å². The fourth-order valence-electron chi connectivity index (χ4n) is 4.40. The molecular formula is C32H32F2N2O5. The minimum absolute atomic E-state index is 0.00962. The van der Waals surface area contributed by atoms with Gasteiger partial charge in [-0.25, -0.2) is 18.6 Å². The number of benzene rings is 3. The van der Waals surface area contributed by atoms with Gasteiger partial charge in [-0.3, -0.25) is 4.79 Å². The molecule has 0 radical (unpaired) electrons. The van der Waals surface area contributed by atoms with E-state index in [1.54, 1.807) is 58.0 Å². The summed E-state index contributed by atoms with van der Waals surface area (Å²) in [4.78, 5) is 30.5. The van der Waals surface area contributed by atoms with Crippen molar-refractivity contribution >= 4 is 22.6 Å². The van der Waals surface area contributed by atoms with Crippen LogP contribution in [0.3, 0.4) is 0 Å². The number of carbonyl (C=O) groups is 2. The maximum absolute atomic E-state index is 16.3. The lowest BCUT2D eigenvalue weighted by atomic mass is 9.94. The number of ketones is 1. The molecule has 0 fully saturated rings. The molecule has 9 heteroatoms. The Labute approximate surface area is 237 Å². The van der Waals surface area contributed by atoms with E-state index < -0.39 is 40.7 Å². The third-order valence-corrected chi connectivity index (χ3v) is 6.14. The lowest BCUT2D eigenvalue weighted by Crippen LogP contribution is -2.34. The zero-order chi connectivity index (χ0) is 29.7. The Balaban J connectivity index is 1.80. The summed E-state index contributed by atoms with van der Waals surface area (Å²) in [7, 11) is 0. The number of rotatable bonds is 9. The Hall–Kier alpha value is -4.53. The summed E-state index contributed by atoms with van der Waals surface area (Å²) in [5.41, 5.74) is -0.926. The lowest BCUT2D eigenvalue weighted by Gasteiger charge is -2.24. The average molecular weight is 563 g/mol. The van der Waals surface area contributed by atoms with Gasteiger partial charge >= 0.3 is 6.09 Å². The molecule has 0 spiro atoms. The van der Waals surface area contributed by atoms with Crippen LogP contribution in [0.5, 0.6) is 11.6 Å². The number of aromatic nitrogens is 1. The molecule has 0 aliphatic rings. The van der Waals surface area contributed by atoms with Crippen LogP contribution < -0.4 is 14.8 Å². The number of nitrogens with zero attached hydrogens (tertiary/aromatic N) is 1. The van der Waals surface area contributed by atoms with Crippen LogP contribution in [0.25, 0.3) is 10.8 Å². The van der Waals surface area contributed by atoms with Crippen molar-refractivity contribution in [1.82, 2.24) is 10.3 Å². The quantitative estimate of drug-likeness (QED) is 0.215. The van der Waals surface area contributed by atoms with E-state index in [4.69, 9.17) is 14.2 Å². The Morgan fingerprint density at radius 1 is 0.976 bits per heavy atom. The number of hydrogen-bond acceptors (Lipinski definition) is 6. The van der Waals surface area contributed by atoms with Crippen LogP contribution in [-0.4, -0.2) is 29.1 Å². The first-order valence-corrected chi connectivity index (χ1v) is 13.2. The SMILES string of the molecule is CCOc1nccc2c(C(=O)c3c(F)cc(OCc4ccccc4)c(C(C)NC(=O)OC(C)(C)C)c3F)cccc12. The minimum atomic E-state index is -1.14. The Morgan fingerprint density at radius 2 is 1.71 bits per heavy atom. The number of halogens is 2. The zero-order valence-electron chi connectivity index (χ0n) is 23.6. The third-order valence-electron chi connectivity index (χ3n) is 6.14. The van der Waals surface area contributed by atoms with Gasteiger partial charge in [-0.2, -0.15) is 0 Å². The smallest absolute Gasteiger partial charge is 0.408 e. The molecule has 0 bridgehead atoms. The molecule has 1 amide bonds. The molecule has 0 aliphatic heterocycles. The first-order chi connectivity index (χ1) is 19.5. The normalized spacial score (nSPS) is 12.1. The highest BCUT2D eigenvalue weighted by atomic mass is 19.1. The van der Waals surface area contributed by atoms with Crippen LogP contribution in [0.2, 0.25) is 0 Å². The molecular weight excluding hydrogens is 530 g/mol. The number of pyridine rings is 1. The van der Waals surface area contributed by atoms with Gasteiger partial charge in [0.2, 0.25) is 5.88 Å². The third kappa shape index (κ3) is 6.80. The summed E-state index contributed by atoms with van der Waals surface area (Å²) in [6, 6.07) is 15.4. The molecule has 4 rings (SSSR count). The summed E-state index contributed by atoms with van der Waals surface area (Å²) in [5.74, 6) is -2.96. The number of alkyl carbamates (subject to hydrolysis) is 1. The lowest BCUT2D eigenvalue weighted by molar-refractivity contribution is 0.0506. The monoisotopic (exact) mass is 562 g/mol. The first-order valence-electron chi connectivity index (χ1n) is 13.2. The number of ether oxygens (including phenoxy) is 3. The predicted octanol–water partition coefficient (Wildman–Crippen LogP) is 7.31. The molecule has 7 nitrogen and oxygen atoms in total. The summed E-state index contributed by atoms with van der Waals surface area (Å²) < 4.78 is 48.7. The fourth-order valence-corrected chi connectivity index (χ4v) is 4.40. The van der Waals surface area contributed by atoms with Crippen LogP contribution in [-0.2, 0) is 11.3 Å². The van der Waals surface area contributed by atoms with Gasteiger partial charge in [0.15, 0.2) is 5.78 Å². The molecule has 4 aromatic rings. The molecule has 1 N–H and O–H groups in total. The standard InChI is InChI=1S/C32H32F2N2O5/c1-6-39-30-23-14-10-13-22(21(23)15-16-35-30)29(37)27-24(33)17-25(40-18-20-11-8-7-9-12-20)26(28(27)34)19(2)36-31(38)41-32(3,4)5/h7-17,19H,6,18H2,1-5H3,(H,36,38). The van der Waals surface area contributed by atoms with Crippen molar-refractivity contribution in [2.45, 2.75) is 52.9 Å². The molecule has 41 heavy (non-hydrogen) atoms. The Kier molecular flexibility index (Phi) is 8.86. The van der Waals surface area contributed by atoms with Crippen molar-refractivity contribution in [3.63, 3.8) is 0 Å². The second-order valence-electron chi connectivity index (χ2n) is 10.4. The molecule has 0 saturated heterocycles. The molecule has 1 atom stereocenters. The molecule has 1 unspecified atom stereocenters. The van der Waals surface area contributed by atoms with Gasteiger partial charge in [0.05, 0.1) is 23.8 Å². The first kappa shape index (κ1) is 29.5. The van der Waals surface area contributed by atoms with E-state index in [0.29, 0.717) is 23.3 Å². The topological polar surface area (TPSA) is 86.8 Å². The van der Waals surface area contributed by atoms with E-state index in [0.717, 1.165) is 11.6 Å². The second-order valence-corrected chi connectivity index (χ2v) is 10.4. The highest BCUT2D eigenvalue weighted by Crippen LogP contribution is 2.35. The minimum Gasteiger partial charge on any atom is -0.488 e. The van der Waals surface area contributed by atoms with Crippen LogP contribution >= 0.6 is 0 Å². The van der Waals surface area contributed by atoms with Crippen LogP contribution in [0.1, 0.15) is 67.7 Å². The van der Waals surface area contributed by atoms with Gasteiger partial charge in [-0.05, 0) is 57.7 Å². The fraction of sp³-hybridized carbons (Fsp3) is 0.281. The van der Waals surface area contributed by atoms with E-state index in [1.807, 2.05) is 18.2 Å². The zero-order valence-corrected chi connectivity index (χ0v) is 23.6. The average Bonchev–Trinajstić information content (AvgIpc) is 2.91.